The third kappa shape index (κ3) is 1.13. The van der Waals surface area contributed by atoms with Crippen molar-refractivity contribution in [2.45, 2.75) is 6.92 Å². The highest BCUT2D eigenvalue weighted by Crippen LogP contribution is 2.00. The van der Waals surface area contributed by atoms with Crippen LogP contribution >= 0.6 is 0 Å². The van der Waals surface area contributed by atoms with Crippen LogP contribution in [0.25, 0.3) is 0 Å². The van der Waals surface area contributed by atoms with Crippen LogP contribution in [0, 0.1) is 12.3 Å². The zero-order valence-corrected chi connectivity index (χ0v) is 5.76. The lowest BCUT2D eigenvalue weighted by atomic mass is 10.2. The number of aromatic nitrogens is 1. The lowest BCUT2D eigenvalue weighted by Gasteiger charge is -1.99. The van der Waals surface area contributed by atoms with Gasteiger partial charge in [-0.3, -0.25) is 10.4 Å². The fraction of sp³-hybridized carbons (Fsp3) is 0.143. The number of aryl methyl sites for hydroxylation is 1. The Balaban J connectivity index is 3.15. The van der Waals surface area contributed by atoms with E-state index in [0.29, 0.717) is 5.56 Å². The highest BCUT2D eigenvalue weighted by molar-refractivity contribution is 5.95. The Morgan fingerprint density at radius 2 is 2.40 bits per heavy atom. The molecule has 1 heterocycles. The van der Waals surface area contributed by atoms with Gasteiger partial charge in [0, 0.05) is 17.5 Å². The molecule has 0 radical (unpaired) electrons. The number of nitrogen functional groups attached to an aromatic ring is 1. The molecule has 0 spiro atoms. The second kappa shape index (κ2) is 2.47. The number of hydrogen-bond acceptors (Lipinski definition) is 2. The monoisotopic (exact) mass is 135 g/mol. The van der Waals surface area contributed by atoms with Gasteiger partial charge in [-0.25, -0.2) is 0 Å². The van der Waals surface area contributed by atoms with E-state index >= 15 is 0 Å². The molecule has 0 saturated heterocycles. The van der Waals surface area contributed by atoms with Crippen molar-refractivity contribution in [2.75, 3.05) is 0 Å². The van der Waals surface area contributed by atoms with Crippen LogP contribution in [0.1, 0.15) is 11.3 Å². The van der Waals surface area contributed by atoms with Crippen molar-refractivity contribution in [1.29, 1.82) is 5.41 Å². The number of nitrogens with zero attached hydrogens (tertiary/aromatic N) is 1. The molecule has 0 unspecified atom stereocenters. The Bertz CT molecular complexity index is 255. The van der Waals surface area contributed by atoms with E-state index in [1.165, 1.54) is 0 Å². The maximum atomic E-state index is 7.11. The number of nitrogens with one attached hydrogen (secondary N) is 1. The summed E-state index contributed by atoms with van der Waals surface area (Å²) in [5.41, 5.74) is 6.77. The van der Waals surface area contributed by atoms with Crippen molar-refractivity contribution in [3.8, 4) is 0 Å². The molecule has 3 nitrogen and oxygen atoms in total. The molecule has 0 bridgehead atoms. The molecule has 0 amide bonds. The van der Waals surface area contributed by atoms with E-state index in [4.69, 9.17) is 11.1 Å². The van der Waals surface area contributed by atoms with Crippen LogP contribution in [-0.4, -0.2) is 10.8 Å². The summed E-state index contributed by atoms with van der Waals surface area (Å²) in [7, 11) is 0. The minimum absolute atomic E-state index is 0.0746. The normalized spacial score (nSPS) is 9.30. The summed E-state index contributed by atoms with van der Waals surface area (Å²) in [6, 6.07) is 3.55. The Kier molecular flexibility index (Phi) is 1.67. The number of nitrogens with two attached hydrogens (primary N) is 1. The van der Waals surface area contributed by atoms with E-state index in [0.717, 1.165) is 5.69 Å². The zero-order valence-electron chi connectivity index (χ0n) is 5.76. The average molecular weight is 135 g/mol. The summed E-state index contributed by atoms with van der Waals surface area (Å²) in [5.74, 6) is 0.0746. The number of rotatable bonds is 1. The van der Waals surface area contributed by atoms with Gasteiger partial charge in [-0.05, 0) is 19.1 Å². The smallest absolute Gasteiger partial charge is 0.124 e. The van der Waals surface area contributed by atoms with Gasteiger partial charge in [-0.15, -0.1) is 0 Å². The van der Waals surface area contributed by atoms with Crippen molar-refractivity contribution in [3.63, 3.8) is 0 Å². The molecule has 1 rings (SSSR count). The molecule has 3 N–H and O–H groups in total. The summed E-state index contributed by atoms with van der Waals surface area (Å²) < 4.78 is 0. The molecular weight excluding hydrogens is 126 g/mol. The second-order valence-corrected chi connectivity index (χ2v) is 2.05. The molecular formula is C7H9N3. The summed E-state index contributed by atoms with van der Waals surface area (Å²) in [4.78, 5) is 3.98. The van der Waals surface area contributed by atoms with Crippen molar-refractivity contribution >= 4 is 5.84 Å². The van der Waals surface area contributed by atoms with E-state index in [1.54, 1.807) is 18.3 Å². The van der Waals surface area contributed by atoms with Gasteiger partial charge in [-0.2, -0.15) is 0 Å². The summed E-state index contributed by atoms with van der Waals surface area (Å²) >= 11 is 0. The fourth-order valence-corrected chi connectivity index (χ4v) is 0.769. The Hall–Kier alpha value is -1.38. The SMILES string of the molecule is Cc1ncccc1C(=N)N. The molecule has 0 atom stereocenters. The van der Waals surface area contributed by atoms with E-state index in [-0.39, 0.29) is 5.84 Å². The van der Waals surface area contributed by atoms with Crippen LogP contribution in [0.3, 0.4) is 0 Å². The number of pyridine rings is 1. The first kappa shape index (κ1) is 6.74. The Labute approximate surface area is 59.4 Å². The van der Waals surface area contributed by atoms with Crippen LogP contribution in [-0.2, 0) is 0 Å². The van der Waals surface area contributed by atoms with Gasteiger partial charge in [0.15, 0.2) is 0 Å². The molecule has 1 aromatic heterocycles. The van der Waals surface area contributed by atoms with Crippen LogP contribution in [0.15, 0.2) is 18.3 Å². The lowest BCUT2D eigenvalue weighted by molar-refractivity contribution is 1.18. The van der Waals surface area contributed by atoms with Crippen molar-refractivity contribution < 1.29 is 0 Å². The standard InChI is InChI=1S/C7H9N3/c1-5-6(7(8)9)3-2-4-10-5/h2-4H,1H3,(H3,8,9). The highest BCUT2D eigenvalue weighted by Gasteiger charge is 1.98. The van der Waals surface area contributed by atoms with E-state index < -0.39 is 0 Å². The molecule has 0 aromatic carbocycles. The maximum Gasteiger partial charge on any atom is 0.124 e. The predicted molar refractivity (Wildman–Crippen MR) is 40.0 cm³/mol. The number of amidine groups is 1. The van der Waals surface area contributed by atoms with Gasteiger partial charge >= 0.3 is 0 Å². The van der Waals surface area contributed by atoms with Crippen LogP contribution in [0.2, 0.25) is 0 Å². The van der Waals surface area contributed by atoms with E-state index in [1.807, 2.05) is 6.92 Å². The van der Waals surface area contributed by atoms with Gasteiger partial charge < -0.3 is 5.73 Å². The third-order valence-electron chi connectivity index (χ3n) is 1.30. The van der Waals surface area contributed by atoms with E-state index in [2.05, 4.69) is 4.98 Å². The van der Waals surface area contributed by atoms with Crippen molar-refractivity contribution in [1.82, 2.24) is 4.98 Å². The molecule has 0 aliphatic rings. The van der Waals surface area contributed by atoms with Crippen LogP contribution < -0.4 is 5.73 Å². The molecule has 52 valence electrons. The maximum absolute atomic E-state index is 7.11. The largest absolute Gasteiger partial charge is 0.384 e. The molecule has 0 aliphatic carbocycles. The van der Waals surface area contributed by atoms with Crippen LogP contribution in [0.4, 0.5) is 0 Å². The zero-order chi connectivity index (χ0) is 7.56. The van der Waals surface area contributed by atoms with Crippen LogP contribution in [0.5, 0.6) is 0 Å². The van der Waals surface area contributed by atoms with Gasteiger partial charge in [0.2, 0.25) is 0 Å². The van der Waals surface area contributed by atoms with Crippen molar-refractivity contribution in [3.05, 3.63) is 29.6 Å². The first-order chi connectivity index (χ1) is 4.72. The molecule has 0 fully saturated rings. The summed E-state index contributed by atoms with van der Waals surface area (Å²) in [6.45, 7) is 1.83. The molecule has 10 heavy (non-hydrogen) atoms. The Morgan fingerprint density at radius 3 is 2.80 bits per heavy atom. The predicted octanol–water partition coefficient (Wildman–Crippen LogP) is 0.674. The average Bonchev–Trinajstić information content (AvgIpc) is 1.88. The Morgan fingerprint density at radius 1 is 1.70 bits per heavy atom. The molecule has 1 aromatic rings. The molecule has 0 aliphatic heterocycles. The van der Waals surface area contributed by atoms with Gasteiger partial charge in [0.1, 0.15) is 5.84 Å². The molecule has 3 heteroatoms. The lowest BCUT2D eigenvalue weighted by Crippen LogP contribution is -2.13. The minimum Gasteiger partial charge on any atom is -0.384 e. The van der Waals surface area contributed by atoms with E-state index in [9.17, 15) is 0 Å². The van der Waals surface area contributed by atoms with Gasteiger partial charge in [-0.1, -0.05) is 0 Å². The summed E-state index contributed by atoms with van der Waals surface area (Å²) in [5, 5.41) is 7.11. The highest BCUT2D eigenvalue weighted by atomic mass is 14.7. The second-order valence-electron chi connectivity index (χ2n) is 2.05. The minimum atomic E-state index is 0.0746. The third-order valence-corrected chi connectivity index (χ3v) is 1.30. The van der Waals surface area contributed by atoms with Gasteiger partial charge in [0.25, 0.3) is 0 Å². The first-order valence-corrected chi connectivity index (χ1v) is 2.98. The number of hydrogen-bond donors (Lipinski definition) is 2. The summed E-state index contributed by atoms with van der Waals surface area (Å²) in [6.07, 6.45) is 1.68. The van der Waals surface area contributed by atoms with Gasteiger partial charge in [0.05, 0.1) is 0 Å². The topological polar surface area (TPSA) is 62.8 Å². The fourth-order valence-electron chi connectivity index (χ4n) is 0.769. The van der Waals surface area contributed by atoms with Crippen molar-refractivity contribution in [2.24, 2.45) is 5.73 Å². The first-order valence-electron chi connectivity index (χ1n) is 2.98. The quantitative estimate of drug-likeness (QED) is 0.439. The molecule has 0 saturated carbocycles.